The SMILES string of the molecule is COc1cc2c(c(OC)c1OC)-c1ccc(NCCCC(=O)NCC[C@@H]3C[C@H](CC(=O)OC(C)(C)C)OC(C)(C)O3)c(=O)cc1[C@@H](NC(C)=O)CC2. The van der Waals surface area contributed by atoms with Gasteiger partial charge in [0.1, 0.15) is 5.60 Å². The van der Waals surface area contributed by atoms with Gasteiger partial charge < -0.3 is 44.4 Å². The van der Waals surface area contributed by atoms with E-state index in [1.165, 1.54) is 6.92 Å². The number of ether oxygens (including phenoxy) is 6. The van der Waals surface area contributed by atoms with E-state index in [-0.39, 0.29) is 48.3 Å². The number of carbonyl (C=O) groups excluding carboxylic acids is 3. The smallest absolute Gasteiger partial charge is 0.308 e. The molecule has 1 saturated heterocycles. The van der Waals surface area contributed by atoms with Crippen molar-refractivity contribution in [2.75, 3.05) is 39.7 Å². The molecule has 0 saturated carbocycles. The molecule has 2 aromatic rings. The van der Waals surface area contributed by atoms with Crippen molar-refractivity contribution in [3.05, 3.63) is 45.6 Å². The minimum absolute atomic E-state index is 0.114. The van der Waals surface area contributed by atoms with Crippen molar-refractivity contribution in [1.82, 2.24) is 10.6 Å². The lowest BCUT2D eigenvalue weighted by Gasteiger charge is -2.40. The van der Waals surface area contributed by atoms with E-state index in [0.717, 1.165) is 16.7 Å². The van der Waals surface area contributed by atoms with E-state index >= 15 is 0 Å². The predicted molar refractivity (Wildman–Crippen MR) is 197 cm³/mol. The first-order valence-electron chi connectivity index (χ1n) is 17.9. The van der Waals surface area contributed by atoms with Crippen molar-refractivity contribution >= 4 is 23.5 Å². The van der Waals surface area contributed by atoms with Crippen LogP contribution < -0.4 is 35.6 Å². The maximum Gasteiger partial charge on any atom is 0.308 e. The van der Waals surface area contributed by atoms with Crippen LogP contribution in [-0.2, 0) is 35.0 Å². The van der Waals surface area contributed by atoms with Gasteiger partial charge in [0, 0.05) is 38.4 Å². The van der Waals surface area contributed by atoms with Gasteiger partial charge in [-0.1, -0.05) is 6.07 Å². The van der Waals surface area contributed by atoms with Gasteiger partial charge in [-0.05, 0) is 95.2 Å². The van der Waals surface area contributed by atoms with Gasteiger partial charge in [0.25, 0.3) is 0 Å². The second-order valence-electron chi connectivity index (χ2n) is 14.7. The van der Waals surface area contributed by atoms with Crippen LogP contribution in [0.1, 0.15) is 97.2 Å². The molecule has 1 aliphatic heterocycles. The zero-order chi connectivity index (χ0) is 38.2. The van der Waals surface area contributed by atoms with E-state index < -0.39 is 17.4 Å². The minimum atomic E-state index is -0.862. The third kappa shape index (κ3) is 10.8. The molecule has 52 heavy (non-hydrogen) atoms. The fourth-order valence-corrected chi connectivity index (χ4v) is 6.88. The number of fused-ring (bicyclic) bond motifs is 3. The highest BCUT2D eigenvalue weighted by Gasteiger charge is 2.37. The zero-order valence-corrected chi connectivity index (χ0v) is 32.0. The standard InChI is InChI=1S/C39H55N3O10/c1-23(43)42-29-14-12-24-19-32(47-7)36(48-8)37(49-9)35(24)27-13-15-30(31(44)22-28(27)29)40-17-10-11-33(45)41-18-16-25-20-26(51-39(5,6)50-25)21-34(46)52-38(2,3)4/h13,15,19,22,25-26,29H,10-12,14,16-18,20-21H2,1-9H3,(H,40,44)(H,41,45)(H,42,43)/t25-,26-,29+/m1/s1. The molecule has 0 unspecified atom stereocenters. The third-order valence-electron chi connectivity index (χ3n) is 8.84. The summed E-state index contributed by atoms with van der Waals surface area (Å²) in [6.07, 6.45) is 2.60. The first kappa shape index (κ1) is 40.4. The Kier molecular flexibility index (Phi) is 13.6. The van der Waals surface area contributed by atoms with Gasteiger partial charge >= 0.3 is 5.97 Å². The molecule has 3 N–H and O–H groups in total. The predicted octanol–water partition coefficient (Wildman–Crippen LogP) is 5.20. The molecule has 0 bridgehead atoms. The largest absolute Gasteiger partial charge is 0.493 e. The number of methoxy groups -OCH3 is 3. The van der Waals surface area contributed by atoms with Crippen molar-refractivity contribution in [3.63, 3.8) is 0 Å². The van der Waals surface area contributed by atoms with E-state index in [0.29, 0.717) is 73.7 Å². The summed E-state index contributed by atoms with van der Waals surface area (Å²) in [5.41, 5.74) is 2.68. The van der Waals surface area contributed by atoms with Crippen LogP contribution in [0.5, 0.6) is 17.2 Å². The number of anilines is 1. The molecule has 13 nitrogen and oxygen atoms in total. The molecule has 2 aromatic carbocycles. The number of rotatable bonds is 14. The van der Waals surface area contributed by atoms with Gasteiger partial charge in [-0.25, -0.2) is 0 Å². The van der Waals surface area contributed by atoms with E-state index in [1.807, 2.05) is 46.8 Å². The number of esters is 1. The van der Waals surface area contributed by atoms with Crippen LogP contribution in [-0.4, -0.2) is 75.8 Å². The first-order chi connectivity index (χ1) is 24.5. The molecule has 1 heterocycles. The van der Waals surface area contributed by atoms with E-state index in [1.54, 1.807) is 33.5 Å². The Balaban J connectivity index is 1.38. The van der Waals surface area contributed by atoms with Gasteiger partial charge in [0.15, 0.2) is 17.3 Å². The minimum Gasteiger partial charge on any atom is -0.493 e. The highest BCUT2D eigenvalue weighted by Crippen LogP contribution is 2.50. The Morgan fingerprint density at radius 3 is 2.33 bits per heavy atom. The number of aryl methyl sites for hydroxylation is 1. The normalized spacial score (nSPS) is 19.2. The fraction of sp³-hybridized carbons (Fsp3) is 0.590. The summed E-state index contributed by atoms with van der Waals surface area (Å²) < 4.78 is 34.6. The lowest BCUT2D eigenvalue weighted by molar-refractivity contribution is -0.300. The number of carbonyl (C=O) groups is 3. The van der Waals surface area contributed by atoms with Gasteiger partial charge in [0.05, 0.1) is 51.7 Å². The average molecular weight is 726 g/mol. The van der Waals surface area contributed by atoms with Crippen LogP contribution in [0.15, 0.2) is 29.1 Å². The molecular formula is C39H55N3O10. The Labute approximate surface area is 306 Å². The lowest BCUT2D eigenvalue weighted by atomic mass is 9.95. The Morgan fingerprint density at radius 1 is 0.962 bits per heavy atom. The van der Waals surface area contributed by atoms with Crippen LogP contribution in [0.4, 0.5) is 5.69 Å². The number of nitrogens with one attached hydrogen (secondary N) is 3. The molecule has 2 amide bonds. The summed E-state index contributed by atoms with van der Waals surface area (Å²) in [4.78, 5) is 50.9. The monoisotopic (exact) mass is 725 g/mol. The quantitative estimate of drug-likeness (QED) is 0.174. The van der Waals surface area contributed by atoms with Gasteiger partial charge in [-0.3, -0.25) is 19.2 Å². The maximum absolute atomic E-state index is 13.6. The second kappa shape index (κ2) is 17.4. The number of hydrogen-bond donors (Lipinski definition) is 3. The number of amides is 2. The maximum atomic E-state index is 13.6. The molecule has 3 atom stereocenters. The Hall–Kier alpha value is -4.36. The van der Waals surface area contributed by atoms with Crippen molar-refractivity contribution in [2.45, 2.75) is 116 Å². The van der Waals surface area contributed by atoms with Crippen molar-refractivity contribution in [2.24, 2.45) is 0 Å². The Morgan fingerprint density at radius 2 is 1.67 bits per heavy atom. The molecule has 286 valence electrons. The van der Waals surface area contributed by atoms with Crippen molar-refractivity contribution < 1.29 is 42.8 Å². The molecule has 0 radical (unpaired) electrons. The summed E-state index contributed by atoms with van der Waals surface area (Å²) >= 11 is 0. The van der Waals surface area contributed by atoms with Gasteiger partial charge in [-0.15, -0.1) is 0 Å². The third-order valence-corrected chi connectivity index (χ3v) is 8.84. The van der Waals surface area contributed by atoms with Crippen LogP contribution in [0.25, 0.3) is 11.1 Å². The summed E-state index contributed by atoms with van der Waals surface area (Å²) in [7, 11) is 4.66. The summed E-state index contributed by atoms with van der Waals surface area (Å²) in [6, 6.07) is 6.65. The molecule has 1 fully saturated rings. The average Bonchev–Trinajstić information content (AvgIpc) is 3.28. The highest BCUT2D eigenvalue weighted by atomic mass is 16.7. The molecule has 1 aliphatic carbocycles. The van der Waals surface area contributed by atoms with Crippen molar-refractivity contribution in [1.29, 1.82) is 0 Å². The summed E-state index contributed by atoms with van der Waals surface area (Å²) in [5.74, 6) is -0.0557. The molecule has 2 aliphatic rings. The topological polar surface area (TPSA) is 160 Å². The molecule has 13 heteroatoms. The zero-order valence-electron chi connectivity index (χ0n) is 32.0. The van der Waals surface area contributed by atoms with E-state index in [2.05, 4.69) is 16.0 Å². The molecule has 0 spiro atoms. The lowest BCUT2D eigenvalue weighted by Crippen LogP contribution is -2.46. The van der Waals surface area contributed by atoms with Crippen LogP contribution in [0.2, 0.25) is 0 Å². The molecule has 4 rings (SSSR count). The second-order valence-corrected chi connectivity index (χ2v) is 14.7. The fourth-order valence-electron chi connectivity index (χ4n) is 6.88. The highest BCUT2D eigenvalue weighted by molar-refractivity contribution is 5.84. The first-order valence-corrected chi connectivity index (χ1v) is 17.9. The Bertz CT molecular complexity index is 1670. The van der Waals surface area contributed by atoms with Crippen LogP contribution in [0, 0.1) is 0 Å². The number of hydrogen-bond acceptors (Lipinski definition) is 11. The summed E-state index contributed by atoms with van der Waals surface area (Å²) in [6.45, 7) is 11.4. The van der Waals surface area contributed by atoms with Crippen LogP contribution in [0.3, 0.4) is 0 Å². The summed E-state index contributed by atoms with van der Waals surface area (Å²) in [5, 5.41) is 9.17. The molecular weight excluding hydrogens is 670 g/mol. The van der Waals surface area contributed by atoms with Gasteiger partial charge in [-0.2, -0.15) is 0 Å². The van der Waals surface area contributed by atoms with Crippen molar-refractivity contribution in [3.8, 4) is 28.4 Å². The molecule has 0 aromatic heterocycles. The van der Waals surface area contributed by atoms with Gasteiger partial charge in [0.2, 0.25) is 23.0 Å². The van der Waals surface area contributed by atoms with E-state index in [4.69, 9.17) is 28.4 Å². The van der Waals surface area contributed by atoms with Crippen LogP contribution >= 0.6 is 0 Å². The van der Waals surface area contributed by atoms with E-state index in [9.17, 15) is 19.2 Å². The number of benzene rings is 1.